The molecule has 3 nitrogen and oxygen atoms in total. The van der Waals surface area contributed by atoms with Crippen LogP contribution < -0.4 is 4.74 Å². The largest absolute Gasteiger partial charge is 0.497 e. The zero-order chi connectivity index (χ0) is 13.4. The fourth-order valence-electron chi connectivity index (χ4n) is 2.01. The molecule has 0 radical (unpaired) electrons. The number of rotatable bonds is 8. The first-order valence-corrected chi connectivity index (χ1v) is 6.63. The Morgan fingerprint density at radius 2 is 1.83 bits per heavy atom. The van der Waals surface area contributed by atoms with Crippen LogP contribution in [0.1, 0.15) is 32.3 Å². The second-order valence-electron chi connectivity index (χ2n) is 4.36. The third kappa shape index (κ3) is 4.67. The molecule has 18 heavy (non-hydrogen) atoms. The molecular weight excluding hydrogens is 228 g/mol. The van der Waals surface area contributed by atoms with Crippen LogP contribution in [0.4, 0.5) is 0 Å². The standard InChI is InChI=1S/C15H24O3/c1-4-15(18-5-2)14(16)11-8-12-6-9-13(17-3)10-7-12/h6-7,9-10,14-16H,4-5,8,11H2,1-3H3. The zero-order valence-electron chi connectivity index (χ0n) is 11.6. The van der Waals surface area contributed by atoms with E-state index in [-0.39, 0.29) is 6.10 Å². The van der Waals surface area contributed by atoms with E-state index in [9.17, 15) is 5.11 Å². The monoisotopic (exact) mass is 252 g/mol. The molecule has 0 fully saturated rings. The Bertz CT molecular complexity index is 321. The first-order valence-electron chi connectivity index (χ1n) is 6.63. The van der Waals surface area contributed by atoms with Crippen LogP contribution >= 0.6 is 0 Å². The molecule has 0 bridgehead atoms. The summed E-state index contributed by atoms with van der Waals surface area (Å²) in [6, 6.07) is 7.96. The lowest BCUT2D eigenvalue weighted by molar-refractivity contribution is -0.0369. The predicted octanol–water partition coefficient (Wildman–Crippen LogP) is 2.80. The molecule has 0 spiro atoms. The highest BCUT2D eigenvalue weighted by Gasteiger charge is 2.17. The van der Waals surface area contributed by atoms with Gasteiger partial charge in [-0.25, -0.2) is 0 Å². The third-order valence-electron chi connectivity index (χ3n) is 3.10. The number of hydrogen-bond acceptors (Lipinski definition) is 3. The molecule has 0 saturated heterocycles. The van der Waals surface area contributed by atoms with Crippen LogP contribution in [0.2, 0.25) is 0 Å². The number of aliphatic hydroxyl groups is 1. The molecule has 0 heterocycles. The van der Waals surface area contributed by atoms with E-state index in [4.69, 9.17) is 9.47 Å². The summed E-state index contributed by atoms with van der Waals surface area (Å²) in [6.45, 7) is 4.65. The summed E-state index contributed by atoms with van der Waals surface area (Å²) >= 11 is 0. The summed E-state index contributed by atoms with van der Waals surface area (Å²) in [7, 11) is 1.66. The van der Waals surface area contributed by atoms with Crippen molar-refractivity contribution in [2.24, 2.45) is 0 Å². The molecule has 2 unspecified atom stereocenters. The number of aliphatic hydroxyl groups excluding tert-OH is 1. The van der Waals surface area contributed by atoms with Gasteiger partial charge in [0, 0.05) is 6.61 Å². The quantitative estimate of drug-likeness (QED) is 0.773. The van der Waals surface area contributed by atoms with Gasteiger partial charge in [0.25, 0.3) is 0 Å². The highest BCUT2D eigenvalue weighted by atomic mass is 16.5. The number of methoxy groups -OCH3 is 1. The average Bonchev–Trinajstić information content (AvgIpc) is 2.42. The van der Waals surface area contributed by atoms with Crippen molar-refractivity contribution in [2.45, 2.75) is 45.3 Å². The van der Waals surface area contributed by atoms with Crippen molar-refractivity contribution in [3.05, 3.63) is 29.8 Å². The summed E-state index contributed by atoms with van der Waals surface area (Å²) < 4.78 is 10.6. The Labute approximate surface area is 110 Å². The van der Waals surface area contributed by atoms with Crippen molar-refractivity contribution in [1.29, 1.82) is 0 Å². The summed E-state index contributed by atoms with van der Waals surface area (Å²) in [5.74, 6) is 0.861. The van der Waals surface area contributed by atoms with Gasteiger partial charge in [-0.05, 0) is 43.9 Å². The van der Waals surface area contributed by atoms with Crippen LogP contribution in [-0.4, -0.2) is 31.0 Å². The van der Waals surface area contributed by atoms with Gasteiger partial charge >= 0.3 is 0 Å². The molecule has 1 rings (SSSR count). The van der Waals surface area contributed by atoms with Crippen LogP contribution in [0.15, 0.2) is 24.3 Å². The van der Waals surface area contributed by atoms with Gasteiger partial charge in [-0.1, -0.05) is 19.1 Å². The van der Waals surface area contributed by atoms with Crippen molar-refractivity contribution < 1.29 is 14.6 Å². The lowest BCUT2D eigenvalue weighted by Crippen LogP contribution is -2.28. The molecule has 1 aromatic rings. The van der Waals surface area contributed by atoms with Gasteiger partial charge in [0.05, 0.1) is 19.3 Å². The Morgan fingerprint density at radius 1 is 1.17 bits per heavy atom. The molecule has 2 atom stereocenters. The maximum absolute atomic E-state index is 10.1. The summed E-state index contributed by atoms with van der Waals surface area (Å²) in [6.07, 6.45) is 1.99. The average molecular weight is 252 g/mol. The van der Waals surface area contributed by atoms with Crippen LogP contribution in [0.5, 0.6) is 5.75 Å². The fraction of sp³-hybridized carbons (Fsp3) is 0.600. The van der Waals surface area contributed by atoms with Crippen molar-refractivity contribution in [3.63, 3.8) is 0 Å². The van der Waals surface area contributed by atoms with Gasteiger partial charge in [0.15, 0.2) is 0 Å². The second kappa shape index (κ2) is 8.11. The van der Waals surface area contributed by atoms with E-state index in [1.807, 2.05) is 38.1 Å². The van der Waals surface area contributed by atoms with Gasteiger partial charge in [-0.3, -0.25) is 0 Å². The molecule has 0 aliphatic rings. The molecule has 3 heteroatoms. The van der Waals surface area contributed by atoms with Crippen LogP contribution in [0.25, 0.3) is 0 Å². The van der Waals surface area contributed by atoms with Gasteiger partial charge in [0.1, 0.15) is 5.75 Å². The molecule has 0 amide bonds. The van der Waals surface area contributed by atoms with E-state index >= 15 is 0 Å². The molecule has 0 saturated carbocycles. The van der Waals surface area contributed by atoms with Crippen LogP contribution in [-0.2, 0) is 11.2 Å². The van der Waals surface area contributed by atoms with E-state index in [1.165, 1.54) is 5.56 Å². The van der Waals surface area contributed by atoms with Crippen molar-refractivity contribution in [1.82, 2.24) is 0 Å². The number of ether oxygens (including phenoxy) is 2. The minimum atomic E-state index is -0.392. The maximum Gasteiger partial charge on any atom is 0.118 e. The predicted molar refractivity (Wildman–Crippen MR) is 73.0 cm³/mol. The lowest BCUT2D eigenvalue weighted by Gasteiger charge is -2.21. The Hall–Kier alpha value is -1.06. The van der Waals surface area contributed by atoms with E-state index < -0.39 is 6.10 Å². The van der Waals surface area contributed by atoms with Gasteiger partial charge < -0.3 is 14.6 Å². The molecule has 1 N–H and O–H groups in total. The van der Waals surface area contributed by atoms with Gasteiger partial charge in [-0.15, -0.1) is 0 Å². The highest BCUT2D eigenvalue weighted by Crippen LogP contribution is 2.15. The second-order valence-corrected chi connectivity index (χ2v) is 4.36. The van der Waals surface area contributed by atoms with E-state index in [0.29, 0.717) is 6.61 Å². The van der Waals surface area contributed by atoms with Crippen molar-refractivity contribution in [3.8, 4) is 5.75 Å². The molecular formula is C15H24O3. The van der Waals surface area contributed by atoms with Crippen molar-refractivity contribution in [2.75, 3.05) is 13.7 Å². The van der Waals surface area contributed by atoms with E-state index in [1.54, 1.807) is 7.11 Å². The summed E-state index contributed by atoms with van der Waals surface area (Å²) in [5, 5.41) is 10.1. The maximum atomic E-state index is 10.1. The fourth-order valence-corrected chi connectivity index (χ4v) is 2.01. The Morgan fingerprint density at radius 3 is 2.33 bits per heavy atom. The van der Waals surface area contributed by atoms with Crippen LogP contribution in [0.3, 0.4) is 0 Å². The topological polar surface area (TPSA) is 38.7 Å². The molecule has 0 aliphatic heterocycles. The summed E-state index contributed by atoms with van der Waals surface area (Å²) in [4.78, 5) is 0. The molecule has 102 valence electrons. The molecule has 0 aromatic heterocycles. The third-order valence-corrected chi connectivity index (χ3v) is 3.10. The highest BCUT2D eigenvalue weighted by molar-refractivity contribution is 5.27. The number of hydrogen-bond donors (Lipinski definition) is 1. The Kier molecular flexibility index (Phi) is 6.76. The van der Waals surface area contributed by atoms with Gasteiger partial charge in [-0.2, -0.15) is 0 Å². The van der Waals surface area contributed by atoms with E-state index in [2.05, 4.69) is 0 Å². The lowest BCUT2D eigenvalue weighted by atomic mass is 10.0. The first kappa shape index (κ1) is 15.0. The SMILES string of the molecule is CCOC(CC)C(O)CCc1ccc(OC)cc1. The number of aryl methyl sites for hydroxylation is 1. The number of benzene rings is 1. The molecule has 0 aliphatic carbocycles. The Balaban J connectivity index is 2.42. The first-order chi connectivity index (χ1) is 8.71. The minimum absolute atomic E-state index is 0.0479. The van der Waals surface area contributed by atoms with E-state index in [0.717, 1.165) is 25.0 Å². The summed E-state index contributed by atoms with van der Waals surface area (Å²) in [5.41, 5.74) is 1.21. The van der Waals surface area contributed by atoms with Gasteiger partial charge in [0.2, 0.25) is 0 Å². The normalized spacial score (nSPS) is 14.2. The van der Waals surface area contributed by atoms with Crippen molar-refractivity contribution >= 4 is 0 Å². The zero-order valence-corrected chi connectivity index (χ0v) is 11.6. The smallest absolute Gasteiger partial charge is 0.118 e. The molecule has 1 aromatic carbocycles. The minimum Gasteiger partial charge on any atom is -0.497 e. The van der Waals surface area contributed by atoms with Crippen LogP contribution in [0, 0.1) is 0 Å².